The van der Waals surface area contributed by atoms with E-state index in [2.05, 4.69) is 4.90 Å². The summed E-state index contributed by atoms with van der Waals surface area (Å²) in [6, 6.07) is 2.01. The van der Waals surface area contributed by atoms with Crippen LogP contribution in [0.2, 0.25) is 0 Å². The largest absolute Gasteiger partial charge is 0.375 e. The highest BCUT2D eigenvalue weighted by molar-refractivity contribution is 5.24. The summed E-state index contributed by atoms with van der Waals surface area (Å²) >= 11 is 0. The number of morpholine rings is 1. The van der Waals surface area contributed by atoms with Crippen molar-refractivity contribution < 1.29 is 17.9 Å². The third-order valence-electron chi connectivity index (χ3n) is 4.54. The Kier molecular flexibility index (Phi) is 4.19. The molecule has 2 N–H and O–H groups in total. The molecule has 3 rings (SSSR count). The predicted octanol–water partition coefficient (Wildman–Crippen LogP) is 2.36. The minimum absolute atomic E-state index is 0.169. The van der Waals surface area contributed by atoms with Crippen molar-refractivity contribution in [1.82, 2.24) is 4.90 Å². The van der Waals surface area contributed by atoms with Crippen LogP contribution in [0.25, 0.3) is 0 Å². The molecule has 1 aliphatic carbocycles. The maximum absolute atomic E-state index is 13.5. The number of hydrogen-bond acceptors (Lipinski definition) is 3. The van der Waals surface area contributed by atoms with Gasteiger partial charge in [0.1, 0.15) is 0 Å². The van der Waals surface area contributed by atoms with Gasteiger partial charge in [-0.05, 0) is 37.0 Å². The topological polar surface area (TPSA) is 38.5 Å². The molecule has 0 amide bonds. The van der Waals surface area contributed by atoms with Crippen LogP contribution >= 0.6 is 0 Å². The van der Waals surface area contributed by atoms with Crippen molar-refractivity contribution in [2.45, 2.75) is 37.5 Å². The fourth-order valence-electron chi connectivity index (χ4n) is 3.57. The van der Waals surface area contributed by atoms with Gasteiger partial charge in [0.2, 0.25) is 0 Å². The molecule has 1 saturated carbocycles. The minimum Gasteiger partial charge on any atom is -0.375 e. The zero-order chi connectivity index (χ0) is 15.0. The van der Waals surface area contributed by atoms with E-state index in [1.54, 1.807) is 0 Å². The standard InChI is InChI=1S/C15H19F3N2O/c16-10-6-9(7-11(17)15(10)18)13(8-19)20-4-5-21-14-3-1-2-12(14)20/h6-7,12-14H,1-5,8,19H2. The highest BCUT2D eigenvalue weighted by Crippen LogP contribution is 2.35. The highest BCUT2D eigenvalue weighted by atomic mass is 19.2. The van der Waals surface area contributed by atoms with Gasteiger partial charge in [-0.2, -0.15) is 0 Å². The first-order valence-corrected chi connectivity index (χ1v) is 7.33. The van der Waals surface area contributed by atoms with Gasteiger partial charge in [-0.15, -0.1) is 0 Å². The van der Waals surface area contributed by atoms with Crippen LogP contribution in [0.15, 0.2) is 12.1 Å². The summed E-state index contributed by atoms with van der Waals surface area (Å²) in [5.41, 5.74) is 6.23. The lowest BCUT2D eigenvalue weighted by atomic mass is 10.00. The number of fused-ring (bicyclic) bond motifs is 1. The highest BCUT2D eigenvalue weighted by Gasteiger charge is 2.39. The summed E-state index contributed by atoms with van der Waals surface area (Å²) in [6.07, 6.45) is 3.25. The van der Waals surface area contributed by atoms with Crippen LogP contribution in [0, 0.1) is 17.5 Å². The first-order valence-electron chi connectivity index (χ1n) is 7.33. The van der Waals surface area contributed by atoms with E-state index in [1.165, 1.54) is 0 Å². The average molecular weight is 300 g/mol. The Morgan fingerprint density at radius 3 is 2.62 bits per heavy atom. The van der Waals surface area contributed by atoms with E-state index in [4.69, 9.17) is 10.5 Å². The SMILES string of the molecule is NCC(c1cc(F)c(F)c(F)c1)N1CCOC2CCCC21. The van der Waals surface area contributed by atoms with E-state index in [9.17, 15) is 13.2 Å². The molecule has 1 heterocycles. The molecule has 0 spiro atoms. The van der Waals surface area contributed by atoms with Crippen molar-refractivity contribution in [3.63, 3.8) is 0 Å². The molecular weight excluding hydrogens is 281 g/mol. The Morgan fingerprint density at radius 2 is 1.95 bits per heavy atom. The maximum atomic E-state index is 13.5. The summed E-state index contributed by atoms with van der Waals surface area (Å²) in [7, 11) is 0. The fraction of sp³-hybridized carbons (Fsp3) is 0.600. The molecule has 0 bridgehead atoms. The van der Waals surface area contributed by atoms with Gasteiger partial charge < -0.3 is 10.5 Å². The van der Waals surface area contributed by atoms with Gasteiger partial charge in [0.05, 0.1) is 12.7 Å². The normalized spacial score (nSPS) is 27.6. The van der Waals surface area contributed by atoms with E-state index >= 15 is 0 Å². The average Bonchev–Trinajstić information content (AvgIpc) is 2.94. The van der Waals surface area contributed by atoms with E-state index in [0.29, 0.717) is 18.7 Å². The van der Waals surface area contributed by atoms with Crippen LogP contribution < -0.4 is 5.73 Å². The summed E-state index contributed by atoms with van der Waals surface area (Å²) in [5.74, 6) is -3.77. The molecule has 6 heteroatoms. The monoisotopic (exact) mass is 300 g/mol. The molecular formula is C15H19F3N2O. The Morgan fingerprint density at radius 1 is 1.24 bits per heavy atom. The number of benzene rings is 1. The molecule has 1 saturated heterocycles. The van der Waals surface area contributed by atoms with Gasteiger partial charge >= 0.3 is 0 Å². The fourth-order valence-corrected chi connectivity index (χ4v) is 3.57. The summed E-state index contributed by atoms with van der Waals surface area (Å²) in [4.78, 5) is 2.16. The number of halogens is 3. The number of nitrogens with zero attached hydrogens (tertiary/aromatic N) is 1. The smallest absolute Gasteiger partial charge is 0.194 e. The van der Waals surface area contributed by atoms with Gasteiger partial charge in [0.25, 0.3) is 0 Å². The van der Waals surface area contributed by atoms with Gasteiger partial charge in [0.15, 0.2) is 17.5 Å². The van der Waals surface area contributed by atoms with Crippen molar-refractivity contribution in [3.8, 4) is 0 Å². The van der Waals surface area contributed by atoms with E-state index < -0.39 is 17.5 Å². The zero-order valence-electron chi connectivity index (χ0n) is 11.7. The predicted molar refractivity (Wildman–Crippen MR) is 72.2 cm³/mol. The Bertz CT molecular complexity index is 503. The van der Waals surface area contributed by atoms with Gasteiger partial charge in [-0.25, -0.2) is 13.2 Å². The zero-order valence-corrected chi connectivity index (χ0v) is 11.7. The summed E-state index contributed by atoms with van der Waals surface area (Å²) in [5, 5.41) is 0. The van der Waals surface area contributed by atoms with Crippen LogP contribution in [0.3, 0.4) is 0 Å². The molecule has 3 unspecified atom stereocenters. The van der Waals surface area contributed by atoms with E-state index in [1.807, 2.05) is 0 Å². The van der Waals surface area contributed by atoms with Crippen LogP contribution in [-0.4, -0.2) is 36.7 Å². The van der Waals surface area contributed by atoms with Crippen LogP contribution in [0.1, 0.15) is 30.9 Å². The van der Waals surface area contributed by atoms with E-state index in [0.717, 1.165) is 31.4 Å². The lowest BCUT2D eigenvalue weighted by molar-refractivity contribution is -0.0712. The molecule has 3 nitrogen and oxygen atoms in total. The lowest BCUT2D eigenvalue weighted by Crippen LogP contribution is -2.51. The van der Waals surface area contributed by atoms with Crippen molar-refractivity contribution in [2.75, 3.05) is 19.7 Å². The molecule has 1 aromatic carbocycles. The first kappa shape index (κ1) is 14.8. The third kappa shape index (κ3) is 2.67. The quantitative estimate of drug-likeness (QED) is 0.871. The van der Waals surface area contributed by atoms with E-state index in [-0.39, 0.29) is 24.7 Å². The van der Waals surface area contributed by atoms with Crippen molar-refractivity contribution in [2.24, 2.45) is 5.73 Å². The van der Waals surface area contributed by atoms with Gasteiger partial charge in [-0.3, -0.25) is 4.90 Å². The second-order valence-corrected chi connectivity index (χ2v) is 5.70. The van der Waals surface area contributed by atoms with Crippen molar-refractivity contribution in [1.29, 1.82) is 0 Å². The van der Waals surface area contributed by atoms with Crippen LogP contribution in [0.4, 0.5) is 13.2 Å². The Labute approximate surface area is 121 Å². The number of ether oxygens (including phenoxy) is 1. The Hall–Kier alpha value is -1.11. The molecule has 116 valence electrons. The lowest BCUT2D eigenvalue weighted by Gasteiger charge is -2.42. The summed E-state index contributed by atoms with van der Waals surface area (Å²) < 4.78 is 45.8. The van der Waals surface area contributed by atoms with Crippen LogP contribution in [0.5, 0.6) is 0 Å². The van der Waals surface area contributed by atoms with Crippen molar-refractivity contribution >= 4 is 0 Å². The number of nitrogens with two attached hydrogens (primary N) is 1. The van der Waals surface area contributed by atoms with Gasteiger partial charge in [-0.1, -0.05) is 0 Å². The second-order valence-electron chi connectivity index (χ2n) is 5.70. The molecule has 2 fully saturated rings. The first-order chi connectivity index (χ1) is 10.1. The van der Waals surface area contributed by atoms with Crippen molar-refractivity contribution in [3.05, 3.63) is 35.1 Å². The molecule has 0 radical (unpaired) electrons. The second kappa shape index (κ2) is 5.94. The Balaban J connectivity index is 1.90. The third-order valence-corrected chi connectivity index (χ3v) is 4.54. The molecule has 2 aliphatic rings. The van der Waals surface area contributed by atoms with Crippen LogP contribution in [-0.2, 0) is 4.74 Å². The summed E-state index contributed by atoms with van der Waals surface area (Å²) in [6.45, 7) is 1.49. The molecule has 1 aromatic rings. The molecule has 21 heavy (non-hydrogen) atoms. The van der Waals surface area contributed by atoms with Gasteiger partial charge in [0, 0.05) is 25.2 Å². The molecule has 0 aromatic heterocycles. The molecule has 1 aliphatic heterocycles. The number of hydrogen-bond donors (Lipinski definition) is 1. The molecule has 3 atom stereocenters. The maximum Gasteiger partial charge on any atom is 0.194 e. The number of rotatable bonds is 3. The minimum atomic E-state index is -1.43.